The lowest BCUT2D eigenvalue weighted by atomic mass is 9.76. The molecule has 3 aromatic rings. The Hall–Kier alpha value is -3.89. The van der Waals surface area contributed by atoms with Crippen molar-refractivity contribution in [3.05, 3.63) is 88.7 Å². The highest BCUT2D eigenvalue weighted by Gasteiger charge is 2.50. The average molecular weight is 469 g/mol. The van der Waals surface area contributed by atoms with Crippen molar-refractivity contribution < 1.29 is 14.0 Å². The number of guanidine groups is 1. The number of halogens is 1. The number of hydrogen-bond donors (Lipinski definition) is 1. The summed E-state index contributed by atoms with van der Waals surface area (Å²) in [5, 5.41) is 10.8. The molecule has 6 nitrogen and oxygen atoms in total. The minimum Gasteiger partial charge on any atom is -0.489 e. The lowest BCUT2D eigenvalue weighted by Crippen LogP contribution is -2.42. The van der Waals surface area contributed by atoms with Crippen LogP contribution in [0.25, 0.3) is 11.1 Å². The fraction of sp³-hybridized carbons (Fsp3) is 0.286. The van der Waals surface area contributed by atoms with Gasteiger partial charge in [0.2, 0.25) is 11.7 Å². The van der Waals surface area contributed by atoms with E-state index in [-0.39, 0.29) is 17.6 Å². The third-order valence-corrected chi connectivity index (χ3v) is 7.35. The Balaban J connectivity index is 1.44. The highest BCUT2D eigenvalue weighted by Crippen LogP contribution is 2.50. The minimum atomic E-state index is -1.02. The van der Waals surface area contributed by atoms with E-state index in [9.17, 15) is 9.65 Å². The molecule has 0 aromatic heterocycles. The molecule has 1 spiro atoms. The fourth-order valence-corrected chi connectivity index (χ4v) is 5.64. The molecule has 2 N–H and O–H groups in total. The van der Waals surface area contributed by atoms with Crippen molar-refractivity contribution in [2.24, 2.45) is 10.7 Å². The first-order chi connectivity index (χ1) is 17.0. The first-order valence-electron chi connectivity index (χ1n) is 11.8. The molecule has 2 heterocycles. The highest BCUT2D eigenvalue weighted by atomic mass is 19.1. The Morgan fingerprint density at radius 3 is 2.74 bits per heavy atom. The molecule has 0 radical (unpaired) electrons. The molecule has 1 aliphatic carbocycles. The van der Waals surface area contributed by atoms with Gasteiger partial charge in [-0.25, -0.2) is 19.3 Å². The molecule has 0 saturated heterocycles. The van der Waals surface area contributed by atoms with Crippen molar-refractivity contribution in [2.75, 3.05) is 7.05 Å². The molecule has 1 unspecified atom stereocenters. The number of nitriles is 1. The van der Waals surface area contributed by atoms with E-state index in [0.717, 1.165) is 36.0 Å². The summed E-state index contributed by atoms with van der Waals surface area (Å²) in [6.07, 6.45) is 3.61. The van der Waals surface area contributed by atoms with Gasteiger partial charge in [0.15, 0.2) is 0 Å². The van der Waals surface area contributed by atoms with Crippen molar-refractivity contribution >= 4 is 5.96 Å². The van der Waals surface area contributed by atoms with Crippen LogP contribution in [0.4, 0.5) is 4.39 Å². The van der Waals surface area contributed by atoms with Gasteiger partial charge in [0.25, 0.3) is 0 Å². The van der Waals surface area contributed by atoms with Gasteiger partial charge >= 0.3 is 0 Å². The Morgan fingerprint density at radius 2 is 1.94 bits per heavy atom. The van der Waals surface area contributed by atoms with Crippen LogP contribution in [0.2, 0.25) is 0 Å². The molecule has 0 amide bonds. The quantitative estimate of drug-likeness (QED) is 0.574. The van der Waals surface area contributed by atoms with Crippen LogP contribution in [-0.2, 0) is 17.0 Å². The molecule has 3 aromatic carbocycles. The van der Waals surface area contributed by atoms with E-state index < -0.39 is 11.5 Å². The minimum absolute atomic E-state index is 0.00123. The van der Waals surface area contributed by atoms with Crippen molar-refractivity contribution in [3.63, 3.8) is 0 Å². The summed E-state index contributed by atoms with van der Waals surface area (Å²) in [7, 11) is 1.75. The van der Waals surface area contributed by atoms with Crippen LogP contribution in [0, 0.1) is 17.1 Å². The Bertz CT molecular complexity index is 1400. The van der Waals surface area contributed by atoms with E-state index in [1.165, 1.54) is 22.3 Å². The van der Waals surface area contributed by atoms with E-state index in [1.54, 1.807) is 19.2 Å². The van der Waals surface area contributed by atoms with Gasteiger partial charge in [0, 0.05) is 19.4 Å². The van der Waals surface area contributed by atoms with Crippen LogP contribution < -0.4 is 10.5 Å². The molecule has 3 atom stereocenters. The van der Waals surface area contributed by atoms with E-state index in [2.05, 4.69) is 24.3 Å². The first kappa shape index (κ1) is 21.6. The highest BCUT2D eigenvalue weighted by molar-refractivity contribution is 5.79. The van der Waals surface area contributed by atoms with Gasteiger partial charge in [-0.2, -0.15) is 5.26 Å². The molecule has 3 aliphatic rings. The molecule has 7 heteroatoms. The maximum Gasteiger partial charge on any atom is 0.221 e. The summed E-state index contributed by atoms with van der Waals surface area (Å²) in [4.78, 5) is 11.1. The SMILES string of the molecule is CN1O[C@@]2(CC([C@H]3CCCc4ccccc43)Oc3ccc(-c4ccc(F)c(C#N)c4)cc32)N=C1N. The van der Waals surface area contributed by atoms with Crippen LogP contribution in [0.3, 0.4) is 0 Å². The van der Waals surface area contributed by atoms with Crippen LogP contribution in [0.5, 0.6) is 5.75 Å². The van der Waals surface area contributed by atoms with Gasteiger partial charge in [-0.3, -0.25) is 0 Å². The van der Waals surface area contributed by atoms with Crippen molar-refractivity contribution in [2.45, 2.75) is 43.4 Å². The van der Waals surface area contributed by atoms with Gasteiger partial charge in [-0.15, -0.1) is 0 Å². The lowest BCUT2D eigenvalue weighted by Gasteiger charge is -2.41. The third-order valence-electron chi connectivity index (χ3n) is 7.35. The predicted molar refractivity (Wildman–Crippen MR) is 130 cm³/mol. The third kappa shape index (κ3) is 3.53. The van der Waals surface area contributed by atoms with Gasteiger partial charge in [-0.05, 0) is 65.8 Å². The Kier molecular flexibility index (Phi) is 5.01. The van der Waals surface area contributed by atoms with Crippen molar-refractivity contribution in [1.29, 1.82) is 5.26 Å². The first-order valence-corrected chi connectivity index (χ1v) is 11.8. The summed E-state index contributed by atoms with van der Waals surface area (Å²) in [5.74, 6) is 0.690. The van der Waals surface area contributed by atoms with Gasteiger partial charge in [0.05, 0.1) is 11.1 Å². The van der Waals surface area contributed by atoms with E-state index in [1.807, 2.05) is 24.3 Å². The van der Waals surface area contributed by atoms with E-state index in [4.69, 9.17) is 20.3 Å². The van der Waals surface area contributed by atoms with Crippen molar-refractivity contribution in [3.8, 4) is 22.9 Å². The Morgan fingerprint density at radius 1 is 1.14 bits per heavy atom. The summed E-state index contributed by atoms with van der Waals surface area (Å²) in [6, 6.07) is 20.8. The predicted octanol–water partition coefficient (Wildman–Crippen LogP) is 4.98. The molecule has 176 valence electrons. The van der Waals surface area contributed by atoms with Crippen LogP contribution in [-0.4, -0.2) is 24.2 Å². The van der Waals surface area contributed by atoms with E-state index in [0.29, 0.717) is 18.1 Å². The maximum atomic E-state index is 13.9. The Labute approximate surface area is 203 Å². The van der Waals surface area contributed by atoms with Crippen LogP contribution >= 0.6 is 0 Å². The average Bonchev–Trinajstić information content (AvgIpc) is 3.16. The normalized spacial score (nSPS) is 24.8. The topological polar surface area (TPSA) is 83.9 Å². The molecule has 0 fully saturated rings. The standard InChI is InChI=1S/C28H25FN4O2/c1-33-27(31)32-28(35-33)15-26(22-8-4-6-17-5-2-3-7-21(17)22)34-25-12-10-19(14-23(25)28)18-9-11-24(29)20(13-18)16-30/h2-3,5,7,9-14,22,26H,4,6,8,15H2,1H3,(H2,31,32)/t22-,26?,28+/m0/s1. The molecular formula is C28H25FN4O2. The van der Waals surface area contributed by atoms with Gasteiger partial charge in [0.1, 0.15) is 23.7 Å². The number of rotatable bonds is 2. The molecule has 0 bridgehead atoms. The zero-order chi connectivity index (χ0) is 24.2. The maximum absolute atomic E-state index is 13.9. The second-order valence-electron chi connectivity index (χ2n) is 9.42. The van der Waals surface area contributed by atoms with Crippen LogP contribution in [0.1, 0.15) is 47.4 Å². The zero-order valence-corrected chi connectivity index (χ0v) is 19.4. The summed E-state index contributed by atoms with van der Waals surface area (Å²) < 4.78 is 20.5. The summed E-state index contributed by atoms with van der Waals surface area (Å²) >= 11 is 0. The number of nitrogens with two attached hydrogens (primary N) is 1. The van der Waals surface area contributed by atoms with E-state index >= 15 is 0 Å². The number of hydroxylamine groups is 2. The number of ether oxygens (including phenoxy) is 1. The number of aryl methyl sites for hydroxylation is 1. The monoisotopic (exact) mass is 468 g/mol. The van der Waals surface area contributed by atoms with Crippen LogP contribution in [0.15, 0.2) is 65.7 Å². The summed E-state index contributed by atoms with van der Waals surface area (Å²) in [6.45, 7) is 0. The zero-order valence-electron chi connectivity index (χ0n) is 19.4. The van der Waals surface area contributed by atoms with Crippen molar-refractivity contribution in [1.82, 2.24) is 5.06 Å². The van der Waals surface area contributed by atoms with Gasteiger partial charge < -0.3 is 10.5 Å². The fourth-order valence-electron chi connectivity index (χ4n) is 5.64. The number of fused-ring (bicyclic) bond motifs is 3. The number of nitrogens with zero attached hydrogens (tertiary/aromatic N) is 3. The van der Waals surface area contributed by atoms with Gasteiger partial charge in [-0.1, -0.05) is 36.4 Å². The summed E-state index contributed by atoms with van der Waals surface area (Å²) in [5.41, 5.74) is 10.2. The number of benzene rings is 3. The number of aliphatic imine (C=N–C) groups is 1. The lowest BCUT2D eigenvalue weighted by molar-refractivity contribution is -0.192. The number of hydrogen-bond acceptors (Lipinski definition) is 6. The second kappa shape index (κ2) is 8.10. The molecule has 2 aliphatic heterocycles. The molecule has 6 rings (SSSR count). The molecule has 35 heavy (non-hydrogen) atoms. The molecule has 0 saturated carbocycles. The smallest absolute Gasteiger partial charge is 0.221 e. The largest absolute Gasteiger partial charge is 0.489 e. The second-order valence-corrected chi connectivity index (χ2v) is 9.42. The molecular weight excluding hydrogens is 443 g/mol.